The predicted octanol–water partition coefficient (Wildman–Crippen LogP) is 2.67. The first-order chi connectivity index (χ1) is 4.41. The SMILES string of the molecule is C1=CCC2(C=CC2)CC1. The first kappa shape index (κ1) is 5.28. The highest BCUT2D eigenvalue weighted by atomic mass is 14.3. The second-order valence-corrected chi connectivity index (χ2v) is 3.18. The lowest BCUT2D eigenvalue weighted by Crippen LogP contribution is -2.23. The van der Waals surface area contributed by atoms with Gasteiger partial charge in [0.15, 0.2) is 0 Å². The van der Waals surface area contributed by atoms with E-state index in [1.807, 2.05) is 0 Å². The average molecular weight is 120 g/mol. The van der Waals surface area contributed by atoms with Crippen molar-refractivity contribution in [3.05, 3.63) is 24.3 Å². The van der Waals surface area contributed by atoms with Crippen LogP contribution in [0, 0.1) is 5.41 Å². The summed E-state index contributed by atoms with van der Waals surface area (Å²) in [5.74, 6) is 0. The zero-order valence-corrected chi connectivity index (χ0v) is 5.64. The standard InChI is InChI=1S/C9H12/c1-2-5-9(6-3-1)7-4-8-9/h1-2,4,7H,3,5-6,8H2. The zero-order chi connectivity index (χ0) is 6.16. The second-order valence-electron chi connectivity index (χ2n) is 3.18. The normalized spacial score (nSPS) is 39.1. The van der Waals surface area contributed by atoms with Crippen LogP contribution in [0.15, 0.2) is 24.3 Å². The van der Waals surface area contributed by atoms with Crippen molar-refractivity contribution in [1.29, 1.82) is 0 Å². The number of rotatable bonds is 0. The largest absolute Gasteiger partial charge is 0.0885 e. The summed E-state index contributed by atoms with van der Waals surface area (Å²) >= 11 is 0. The summed E-state index contributed by atoms with van der Waals surface area (Å²) in [5.41, 5.74) is 0.634. The molecule has 2 aliphatic carbocycles. The zero-order valence-electron chi connectivity index (χ0n) is 5.64. The molecule has 0 aromatic heterocycles. The summed E-state index contributed by atoms with van der Waals surface area (Å²) in [7, 11) is 0. The van der Waals surface area contributed by atoms with Crippen molar-refractivity contribution in [2.45, 2.75) is 25.7 Å². The topological polar surface area (TPSA) is 0 Å². The molecule has 0 fully saturated rings. The van der Waals surface area contributed by atoms with Gasteiger partial charge in [-0.25, -0.2) is 0 Å². The Morgan fingerprint density at radius 3 is 2.11 bits per heavy atom. The lowest BCUT2D eigenvalue weighted by atomic mass is 9.68. The minimum atomic E-state index is 0.634. The molecule has 1 unspecified atom stereocenters. The first-order valence-corrected chi connectivity index (χ1v) is 3.74. The maximum absolute atomic E-state index is 2.39. The van der Waals surface area contributed by atoms with E-state index < -0.39 is 0 Å². The van der Waals surface area contributed by atoms with Gasteiger partial charge in [-0.05, 0) is 31.1 Å². The Balaban J connectivity index is 2.14. The molecule has 0 heterocycles. The van der Waals surface area contributed by atoms with Crippen molar-refractivity contribution >= 4 is 0 Å². The molecule has 0 heteroatoms. The minimum Gasteiger partial charge on any atom is -0.0885 e. The van der Waals surface area contributed by atoms with Gasteiger partial charge in [0.2, 0.25) is 0 Å². The fraction of sp³-hybridized carbons (Fsp3) is 0.556. The van der Waals surface area contributed by atoms with Crippen LogP contribution in [0.3, 0.4) is 0 Å². The first-order valence-electron chi connectivity index (χ1n) is 3.74. The summed E-state index contributed by atoms with van der Waals surface area (Å²) in [6.45, 7) is 0. The highest BCUT2D eigenvalue weighted by Gasteiger charge is 2.30. The van der Waals surface area contributed by atoms with E-state index in [9.17, 15) is 0 Å². The number of hydrogen-bond donors (Lipinski definition) is 0. The van der Waals surface area contributed by atoms with Gasteiger partial charge in [-0.2, -0.15) is 0 Å². The van der Waals surface area contributed by atoms with Gasteiger partial charge in [-0.1, -0.05) is 24.3 Å². The van der Waals surface area contributed by atoms with E-state index in [1.165, 1.54) is 25.7 Å². The van der Waals surface area contributed by atoms with Gasteiger partial charge < -0.3 is 0 Å². The smallest absolute Gasteiger partial charge is 0.00464 e. The molecule has 0 saturated heterocycles. The molecule has 2 aliphatic rings. The van der Waals surface area contributed by atoms with Crippen molar-refractivity contribution in [2.75, 3.05) is 0 Å². The molecule has 1 spiro atoms. The predicted molar refractivity (Wildman–Crippen MR) is 39.2 cm³/mol. The maximum atomic E-state index is 2.39. The van der Waals surface area contributed by atoms with Crippen molar-refractivity contribution < 1.29 is 0 Å². The van der Waals surface area contributed by atoms with Gasteiger partial charge in [0.25, 0.3) is 0 Å². The highest BCUT2D eigenvalue weighted by molar-refractivity contribution is 5.17. The molecular formula is C9H12. The summed E-state index contributed by atoms with van der Waals surface area (Å²) in [6.07, 6.45) is 14.6. The van der Waals surface area contributed by atoms with Crippen molar-refractivity contribution in [3.63, 3.8) is 0 Å². The van der Waals surface area contributed by atoms with E-state index in [4.69, 9.17) is 0 Å². The Labute approximate surface area is 56.3 Å². The fourth-order valence-electron chi connectivity index (χ4n) is 1.70. The molecule has 0 N–H and O–H groups in total. The maximum Gasteiger partial charge on any atom is -0.00464 e. The summed E-state index contributed by atoms with van der Waals surface area (Å²) in [5, 5.41) is 0. The molecule has 48 valence electrons. The van der Waals surface area contributed by atoms with Crippen LogP contribution in [-0.2, 0) is 0 Å². The van der Waals surface area contributed by atoms with Crippen LogP contribution in [0.25, 0.3) is 0 Å². The van der Waals surface area contributed by atoms with E-state index in [0.717, 1.165) is 0 Å². The molecule has 0 aromatic carbocycles. The Bertz CT molecular complexity index is 165. The number of hydrogen-bond acceptors (Lipinski definition) is 0. The molecule has 0 aromatic rings. The van der Waals surface area contributed by atoms with Crippen LogP contribution < -0.4 is 0 Å². The minimum absolute atomic E-state index is 0.634. The van der Waals surface area contributed by atoms with Crippen LogP contribution >= 0.6 is 0 Å². The second kappa shape index (κ2) is 1.73. The van der Waals surface area contributed by atoms with Gasteiger partial charge in [-0.3, -0.25) is 0 Å². The third kappa shape index (κ3) is 0.735. The molecule has 0 aliphatic heterocycles. The third-order valence-electron chi connectivity index (χ3n) is 2.50. The molecule has 0 saturated carbocycles. The summed E-state index contributed by atoms with van der Waals surface area (Å²) in [4.78, 5) is 0. The molecule has 9 heavy (non-hydrogen) atoms. The van der Waals surface area contributed by atoms with Gasteiger partial charge in [0.1, 0.15) is 0 Å². The Morgan fingerprint density at radius 2 is 1.78 bits per heavy atom. The lowest BCUT2D eigenvalue weighted by molar-refractivity contribution is 0.316. The molecule has 0 nitrogen and oxygen atoms in total. The Kier molecular flexibility index (Phi) is 1.01. The molecule has 1 atom stereocenters. The molecule has 0 amide bonds. The van der Waals surface area contributed by atoms with E-state index in [0.29, 0.717) is 5.41 Å². The van der Waals surface area contributed by atoms with Gasteiger partial charge in [0, 0.05) is 0 Å². The van der Waals surface area contributed by atoms with Crippen molar-refractivity contribution in [3.8, 4) is 0 Å². The number of allylic oxidation sites excluding steroid dienone is 4. The molecular weight excluding hydrogens is 108 g/mol. The van der Waals surface area contributed by atoms with E-state index in [2.05, 4.69) is 24.3 Å². The highest BCUT2D eigenvalue weighted by Crippen LogP contribution is 2.43. The Hall–Kier alpha value is -0.520. The van der Waals surface area contributed by atoms with Crippen molar-refractivity contribution in [1.82, 2.24) is 0 Å². The van der Waals surface area contributed by atoms with Gasteiger partial charge >= 0.3 is 0 Å². The fourth-order valence-corrected chi connectivity index (χ4v) is 1.70. The monoisotopic (exact) mass is 120 g/mol. The van der Waals surface area contributed by atoms with Crippen LogP contribution in [-0.4, -0.2) is 0 Å². The van der Waals surface area contributed by atoms with E-state index in [1.54, 1.807) is 0 Å². The molecule has 0 bridgehead atoms. The van der Waals surface area contributed by atoms with E-state index in [-0.39, 0.29) is 0 Å². The average Bonchev–Trinajstić information content (AvgIpc) is 1.87. The van der Waals surface area contributed by atoms with Crippen LogP contribution in [0.1, 0.15) is 25.7 Å². The quantitative estimate of drug-likeness (QED) is 0.431. The van der Waals surface area contributed by atoms with Crippen molar-refractivity contribution in [2.24, 2.45) is 5.41 Å². The summed E-state index contributed by atoms with van der Waals surface area (Å²) < 4.78 is 0. The lowest BCUT2D eigenvalue weighted by Gasteiger charge is -2.36. The summed E-state index contributed by atoms with van der Waals surface area (Å²) in [6, 6.07) is 0. The van der Waals surface area contributed by atoms with E-state index >= 15 is 0 Å². The van der Waals surface area contributed by atoms with Gasteiger partial charge in [-0.15, -0.1) is 0 Å². The Morgan fingerprint density at radius 1 is 1.00 bits per heavy atom. The van der Waals surface area contributed by atoms with Crippen LogP contribution in [0.2, 0.25) is 0 Å². The molecule has 0 radical (unpaired) electrons. The molecule has 2 rings (SSSR count). The van der Waals surface area contributed by atoms with Crippen LogP contribution in [0.5, 0.6) is 0 Å². The van der Waals surface area contributed by atoms with Gasteiger partial charge in [0.05, 0.1) is 0 Å². The van der Waals surface area contributed by atoms with Crippen LogP contribution in [0.4, 0.5) is 0 Å². The third-order valence-corrected chi connectivity index (χ3v) is 2.50.